The SMILES string of the molecule is Cc1cc(Nc2cc(C)[nH]n2)nc(-c2ccc(N3CCC(Oc4cncc(F)c4)CC3)nc2)n1. The van der Waals surface area contributed by atoms with E-state index in [1.165, 1.54) is 12.3 Å². The highest BCUT2D eigenvalue weighted by Crippen LogP contribution is 2.25. The second kappa shape index (κ2) is 9.42. The van der Waals surface area contributed by atoms with E-state index in [9.17, 15) is 4.39 Å². The van der Waals surface area contributed by atoms with Crippen molar-refractivity contribution in [1.82, 2.24) is 30.1 Å². The van der Waals surface area contributed by atoms with Crippen molar-refractivity contribution in [2.75, 3.05) is 23.3 Å². The van der Waals surface area contributed by atoms with E-state index < -0.39 is 5.82 Å². The average Bonchev–Trinajstić information content (AvgIpc) is 3.24. The van der Waals surface area contributed by atoms with Crippen molar-refractivity contribution < 1.29 is 9.13 Å². The molecule has 5 rings (SSSR count). The fraction of sp³-hybridized carbons (Fsp3) is 0.292. The van der Waals surface area contributed by atoms with Crippen LogP contribution in [0.15, 0.2) is 48.9 Å². The first-order valence-electron chi connectivity index (χ1n) is 11.1. The molecular weight excluding hydrogens is 435 g/mol. The topological polar surface area (TPSA) is 105 Å². The number of rotatable bonds is 6. The van der Waals surface area contributed by atoms with Crippen LogP contribution in [0.25, 0.3) is 11.4 Å². The standard InChI is InChI=1S/C24H25FN8O/c1-15-9-21(29-22-10-16(2)31-32-22)30-24(28-15)17-3-4-23(27-12-17)33-7-5-19(6-8-33)34-20-11-18(25)13-26-14-20/h3-4,9-14,19H,5-8H2,1-2H3,(H2,28,29,30,31,32). The van der Waals surface area contributed by atoms with Gasteiger partial charge in [-0.1, -0.05) is 0 Å². The molecule has 1 saturated heterocycles. The molecule has 0 aromatic carbocycles. The summed E-state index contributed by atoms with van der Waals surface area (Å²) in [6.07, 6.45) is 6.19. The van der Waals surface area contributed by atoms with Crippen LogP contribution >= 0.6 is 0 Å². The molecule has 174 valence electrons. The summed E-state index contributed by atoms with van der Waals surface area (Å²) in [5.41, 5.74) is 2.65. The number of anilines is 3. The molecule has 1 fully saturated rings. The maximum absolute atomic E-state index is 13.3. The summed E-state index contributed by atoms with van der Waals surface area (Å²) in [5, 5.41) is 10.3. The molecule has 0 spiro atoms. The predicted octanol–water partition coefficient (Wildman–Crippen LogP) is 4.20. The van der Waals surface area contributed by atoms with Crippen molar-refractivity contribution >= 4 is 17.5 Å². The molecule has 9 nitrogen and oxygen atoms in total. The molecule has 2 N–H and O–H groups in total. The van der Waals surface area contributed by atoms with Crippen molar-refractivity contribution in [3.05, 3.63) is 66.1 Å². The third-order valence-electron chi connectivity index (χ3n) is 5.57. The molecule has 0 radical (unpaired) electrons. The lowest BCUT2D eigenvalue weighted by Gasteiger charge is -2.32. The quantitative estimate of drug-likeness (QED) is 0.441. The summed E-state index contributed by atoms with van der Waals surface area (Å²) < 4.78 is 19.2. The Morgan fingerprint density at radius 1 is 1.03 bits per heavy atom. The lowest BCUT2D eigenvalue weighted by molar-refractivity contribution is 0.169. The van der Waals surface area contributed by atoms with E-state index in [1.807, 2.05) is 38.1 Å². The number of hydrogen-bond donors (Lipinski definition) is 2. The Bertz CT molecular complexity index is 1270. The maximum Gasteiger partial charge on any atom is 0.163 e. The van der Waals surface area contributed by atoms with Crippen LogP contribution in [0.3, 0.4) is 0 Å². The van der Waals surface area contributed by atoms with Crippen LogP contribution in [0.2, 0.25) is 0 Å². The molecule has 10 heteroatoms. The summed E-state index contributed by atoms with van der Waals surface area (Å²) in [7, 11) is 0. The van der Waals surface area contributed by atoms with Gasteiger partial charge in [0, 0.05) is 67.3 Å². The monoisotopic (exact) mass is 460 g/mol. The Balaban J connectivity index is 1.23. The summed E-state index contributed by atoms with van der Waals surface area (Å²) in [4.78, 5) is 19.9. The van der Waals surface area contributed by atoms with Crippen LogP contribution in [-0.2, 0) is 0 Å². The number of nitrogens with zero attached hydrogens (tertiary/aromatic N) is 6. The highest BCUT2D eigenvalue weighted by Gasteiger charge is 2.22. The Kier molecular flexibility index (Phi) is 6.03. The lowest BCUT2D eigenvalue weighted by atomic mass is 10.1. The second-order valence-electron chi connectivity index (χ2n) is 8.33. The van der Waals surface area contributed by atoms with Crippen LogP contribution < -0.4 is 15.0 Å². The van der Waals surface area contributed by atoms with E-state index >= 15 is 0 Å². The minimum atomic E-state index is -0.393. The van der Waals surface area contributed by atoms with E-state index in [0.717, 1.165) is 48.7 Å². The minimum Gasteiger partial charge on any atom is -0.489 e. The molecule has 1 aliphatic heterocycles. The highest BCUT2D eigenvalue weighted by molar-refractivity contribution is 5.61. The van der Waals surface area contributed by atoms with Gasteiger partial charge in [-0.3, -0.25) is 10.1 Å². The molecule has 1 aliphatic rings. The summed E-state index contributed by atoms with van der Waals surface area (Å²) in [6.45, 7) is 5.48. The number of aryl methyl sites for hydroxylation is 2. The van der Waals surface area contributed by atoms with Gasteiger partial charge in [-0.25, -0.2) is 19.3 Å². The Morgan fingerprint density at radius 3 is 2.59 bits per heavy atom. The smallest absolute Gasteiger partial charge is 0.163 e. The number of halogens is 1. The number of aromatic amines is 1. The number of nitrogens with one attached hydrogen (secondary N) is 2. The first-order valence-corrected chi connectivity index (χ1v) is 11.1. The average molecular weight is 461 g/mol. The van der Waals surface area contributed by atoms with E-state index in [-0.39, 0.29) is 6.10 Å². The normalized spacial score (nSPS) is 14.3. The molecule has 0 amide bonds. The van der Waals surface area contributed by atoms with E-state index in [4.69, 9.17) is 4.74 Å². The van der Waals surface area contributed by atoms with Gasteiger partial charge in [-0.2, -0.15) is 5.10 Å². The fourth-order valence-corrected chi connectivity index (χ4v) is 3.93. The van der Waals surface area contributed by atoms with Crippen molar-refractivity contribution in [3.8, 4) is 17.1 Å². The van der Waals surface area contributed by atoms with E-state index in [1.54, 1.807) is 12.4 Å². The molecule has 0 atom stereocenters. The van der Waals surface area contributed by atoms with Crippen molar-refractivity contribution in [2.45, 2.75) is 32.8 Å². The Hall–Kier alpha value is -4.08. The largest absolute Gasteiger partial charge is 0.489 e. The molecule has 5 heterocycles. The molecule has 0 aliphatic carbocycles. The zero-order valence-corrected chi connectivity index (χ0v) is 19.0. The number of pyridine rings is 2. The molecular formula is C24H25FN8O. The first kappa shape index (κ1) is 21.7. The number of hydrogen-bond acceptors (Lipinski definition) is 8. The third-order valence-corrected chi connectivity index (χ3v) is 5.57. The van der Waals surface area contributed by atoms with Crippen LogP contribution in [0.5, 0.6) is 5.75 Å². The van der Waals surface area contributed by atoms with Crippen LogP contribution in [0, 0.1) is 19.7 Å². The number of piperidine rings is 1. The Labute approximate surface area is 196 Å². The van der Waals surface area contributed by atoms with Gasteiger partial charge in [-0.05, 0) is 26.0 Å². The van der Waals surface area contributed by atoms with Crippen LogP contribution in [0.1, 0.15) is 24.2 Å². The van der Waals surface area contributed by atoms with Crippen molar-refractivity contribution in [1.29, 1.82) is 0 Å². The molecule has 4 aromatic heterocycles. The van der Waals surface area contributed by atoms with Gasteiger partial charge in [-0.15, -0.1) is 0 Å². The van der Waals surface area contributed by atoms with Crippen molar-refractivity contribution in [2.24, 2.45) is 0 Å². The zero-order chi connectivity index (χ0) is 23.5. The zero-order valence-electron chi connectivity index (χ0n) is 19.0. The predicted molar refractivity (Wildman–Crippen MR) is 127 cm³/mol. The third kappa shape index (κ3) is 5.11. The summed E-state index contributed by atoms with van der Waals surface area (Å²) in [6, 6.07) is 9.13. The maximum atomic E-state index is 13.3. The minimum absolute atomic E-state index is 0.0315. The van der Waals surface area contributed by atoms with Crippen LogP contribution in [-0.4, -0.2) is 49.3 Å². The molecule has 4 aromatic rings. The number of H-pyrrole nitrogens is 1. The van der Waals surface area contributed by atoms with Gasteiger partial charge in [0.05, 0.1) is 12.4 Å². The number of aromatic nitrogens is 6. The van der Waals surface area contributed by atoms with Gasteiger partial charge in [0.2, 0.25) is 0 Å². The number of ether oxygens (including phenoxy) is 1. The van der Waals surface area contributed by atoms with Gasteiger partial charge >= 0.3 is 0 Å². The van der Waals surface area contributed by atoms with Crippen molar-refractivity contribution in [3.63, 3.8) is 0 Å². The summed E-state index contributed by atoms with van der Waals surface area (Å²) >= 11 is 0. The molecule has 34 heavy (non-hydrogen) atoms. The van der Waals surface area contributed by atoms with Crippen LogP contribution in [0.4, 0.5) is 21.8 Å². The van der Waals surface area contributed by atoms with Gasteiger partial charge in [0.1, 0.15) is 29.3 Å². The molecule has 0 unspecified atom stereocenters. The Morgan fingerprint density at radius 2 is 1.88 bits per heavy atom. The molecule has 0 saturated carbocycles. The van der Waals surface area contributed by atoms with E-state index in [0.29, 0.717) is 23.2 Å². The van der Waals surface area contributed by atoms with E-state index in [2.05, 4.69) is 40.3 Å². The summed E-state index contributed by atoms with van der Waals surface area (Å²) in [5.74, 6) is 2.95. The van der Waals surface area contributed by atoms with Gasteiger partial charge in [0.15, 0.2) is 11.6 Å². The molecule has 0 bridgehead atoms. The highest BCUT2D eigenvalue weighted by atomic mass is 19.1. The fourth-order valence-electron chi connectivity index (χ4n) is 3.93. The lowest BCUT2D eigenvalue weighted by Crippen LogP contribution is -2.38. The van der Waals surface area contributed by atoms with Gasteiger partial charge in [0.25, 0.3) is 0 Å². The second-order valence-corrected chi connectivity index (χ2v) is 8.33. The first-order chi connectivity index (χ1) is 16.5. The van der Waals surface area contributed by atoms with Gasteiger partial charge < -0.3 is 15.0 Å².